The summed E-state index contributed by atoms with van der Waals surface area (Å²) in [5.41, 5.74) is -1.70. The second-order valence-corrected chi connectivity index (χ2v) is 6.10. The molecule has 0 fully saturated rings. The molecule has 0 saturated heterocycles. The maximum Gasteiger partial charge on any atom is 0.407 e. The number of carbonyl (C=O) groups is 5. The van der Waals surface area contributed by atoms with Crippen LogP contribution in [-0.4, -0.2) is 81.5 Å². The van der Waals surface area contributed by atoms with Gasteiger partial charge in [0.1, 0.15) is 32.0 Å². The minimum atomic E-state index is -3.36. The van der Waals surface area contributed by atoms with Crippen molar-refractivity contribution in [2.75, 3.05) is 39.5 Å². The molecule has 32 heavy (non-hydrogen) atoms. The molecule has 0 atom stereocenters. The molecule has 14 heteroatoms. The molecule has 0 spiro atoms. The molecule has 3 N–H and O–H groups in total. The van der Waals surface area contributed by atoms with Crippen molar-refractivity contribution in [2.24, 2.45) is 0 Å². The van der Waals surface area contributed by atoms with E-state index in [1.165, 1.54) is 6.92 Å². The van der Waals surface area contributed by atoms with Crippen molar-refractivity contribution < 1.29 is 51.7 Å². The van der Waals surface area contributed by atoms with Crippen LogP contribution >= 0.6 is 0 Å². The highest BCUT2D eigenvalue weighted by Crippen LogP contribution is 2.08. The van der Waals surface area contributed by atoms with Gasteiger partial charge in [0.2, 0.25) is 0 Å². The van der Waals surface area contributed by atoms with Crippen LogP contribution < -0.4 is 16.0 Å². The lowest BCUT2D eigenvalue weighted by atomic mass is 10.1. The van der Waals surface area contributed by atoms with Gasteiger partial charge < -0.3 is 34.9 Å². The van der Waals surface area contributed by atoms with E-state index in [2.05, 4.69) is 33.3 Å². The van der Waals surface area contributed by atoms with Gasteiger partial charge in [-0.15, -0.1) is 0 Å². The Bertz CT molecular complexity index is 657. The summed E-state index contributed by atoms with van der Waals surface area (Å²) in [6, 6.07) is 0. The molecule has 0 aromatic carbocycles. The van der Waals surface area contributed by atoms with Crippen LogP contribution in [0.2, 0.25) is 0 Å². The van der Waals surface area contributed by atoms with Gasteiger partial charge in [-0.2, -0.15) is 8.78 Å². The Balaban J connectivity index is 4.61. The molecule has 0 unspecified atom stereocenters. The van der Waals surface area contributed by atoms with Crippen LogP contribution in [0.5, 0.6) is 0 Å². The highest BCUT2D eigenvalue weighted by molar-refractivity contribution is 5.81. The Hall–Kier alpha value is -3.71. The van der Waals surface area contributed by atoms with Gasteiger partial charge in [0.05, 0.1) is 13.1 Å². The highest BCUT2D eigenvalue weighted by atomic mass is 19.3. The van der Waals surface area contributed by atoms with Crippen LogP contribution in [0.25, 0.3) is 0 Å². The smallest absolute Gasteiger partial charge is 0.407 e. The van der Waals surface area contributed by atoms with Gasteiger partial charge in [-0.3, -0.25) is 4.79 Å². The summed E-state index contributed by atoms with van der Waals surface area (Å²) >= 11 is 0. The summed E-state index contributed by atoms with van der Waals surface area (Å²) in [5.74, 6) is -3.07. The monoisotopic (exact) mass is 465 g/mol. The summed E-state index contributed by atoms with van der Waals surface area (Å²) < 4.78 is 44.2. The Morgan fingerprint density at radius 3 is 1.59 bits per heavy atom. The van der Waals surface area contributed by atoms with Crippen molar-refractivity contribution in [3.8, 4) is 0 Å². The number of carbonyl (C=O) groups excluding carboxylic acids is 5. The number of ether oxygens (including phenoxy) is 4. The quantitative estimate of drug-likeness (QED) is 0.139. The number of esters is 2. The predicted octanol–water partition coefficient (Wildman–Crippen LogP) is 0.0372. The molecule has 12 nitrogen and oxygen atoms in total. The van der Waals surface area contributed by atoms with E-state index in [0.29, 0.717) is 0 Å². The largest absolute Gasteiger partial charge is 0.461 e. The average Bonchev–Trinajstić information content (AvgIpc) is 2.76. The number of nitrogens with one attached hydrogen (secondary N) is 3. The predicted molar refractivity (Wildman–Crippen MR) is 104 cm³/mol. The van der Waals surface area contributed by atoms with Crippen molar-refractivity contribution in [3.63, 3.8) is 0 Å². The van der Waals surface area contributed by atoms with Crippen molar-refractivity contribution in [2.45, 2.75) is 18.9 Å². The van der Waals surface area contributed by atoms with Gasteiger partial charge in [0, 0.05) is 12.2 Å². The molecule has 0 radical (unpaired) electrons. The first-order chi connectivity index (χ1) is 15.0. The summed E-state index contributed by atoms with van der Waals surface area (Å²) in [6.07, 6.45) is -3.52. The molecule has 0 bridgehead atoms. The molecule has 0 aliphatic carbocycles. The maximum atomic E-state index is 12.6. The first-order valence-corrected chi connectivity index (χ1v) is 9.02. The zero-order valence-electron chi connectivity index (χ0n) is 17.3. The molecular formula is C18H25F2N3O9. The number of amides is 3. The summed E-state index contributed by atoms with van der Waals surface area (Å²) in [7, 11) is 0. The van der Waals surface area contributed by atoms with Crippen LogP contribution in [0.4, 0.5) is 18.4 Å². The Kier molecular flexibility index (Phi) is 13.4. The number of hydrogen-bond donors (Lipinski definition) is 3. The lowest BCUT2D eigenvalue weighted by molar-refractivity contribution is -0.138. The van der Waals surface area contributed by atoms with Crippen molar-refractivity contribution in [1.29, 1.82) is 0 Å². The Morgan fingerprint density at radius 1 is 0.844 bits per heavy atom. The highest BCUT2D eigenvalue weighted by Gasteiger charge is 2.33. The number of hydrogen-bond acceptors (Lipinski definition) is 9. The third-order valence-corrected chi connectivity index (χ3v) is 3.23. The van der Waals surface area contributed by atoms with Crippen LogP contribution in [0, 0.1) is 0 Å². The summed E-state index contributed by atoms with van der Waals surface area (Å²) in [6.45, 7) is 5.70. The molecule has 0 aliphatic rings. The van der Waals surface area contributed by atoms with Gasteiger partial charge in [-0.25, -0.2) is 19.2 Å². The van der Waals surface area contributed by atoms with E-state index in [1.807, 2.05) is 5.32 Å². The van der Waals surface area contributed by atoms with Gasteiger partial charge in [-0.1, -0.05) is 13.2 Å². The zero-order chi connectivity index (χ0) is 24.6. The molecule has 0 aromatic rings. The van der Waals surface area contributed by atoms with E-state index in [9.17, 15) is 32.8 Å². The number of alkyl halides is 2. The molecule has 180 valence electrons. The lowest BCUT2D eigenvalue weighted by Gasteiger charge is -2.29. The summed E-state index contributed by atoms with van der Waals surface area (Å²) in [5, 5.41) is 6.37. The first kappa shape index (κ1) is 28.3. The van der Waals surface area contributed by atoms with E-state index in [1.54, 1.807) is 0 Å². The van der Waals surface area contributed by atoms with Gasteiger partial charge in [-0.05, 0) is 6.92 Å². The van der Waals surface area contributed by atoms with E-state index in [4.69, 9.17) is 9.47 Å². The second-order valence-electron chi connectivity index (χ2n) is 6.10. The fourth-order valence-electron chi connectivity index (χ4n) is 1.74. The minimum absolute atomic E-state index is 0.117. The normalized spacial score (nSPS) is 10.4. The third kappa shape index (κ3) is 13.5. The van der Waals surface area contributed by atoms with Crippen molar-refractivity contribution in [3.05, 3.63) is 25.3 Å². The maximum absolute atomic E-state index is 12.6. The Morgan fingerprint density at radius 2 is 1.25 bits per heavy atom. The number of rotatable bonds is 14. The Labute approximate surface area is 182 Å². The third-order valence-electron chi connectivity index (χ3n) is 3.23. The fourth-order valence-corrected chi connectivity index (χ4v) is 1.74. The SMILES string of the molecule is C=CC(=O)OCCNC(=O)OCC(C)(COC(=O)NCCOC(=O)C=C)NC(=O)C(F)F. The van der Waals surface area contributed by atoms with Crippen LogP contribution in [0.15, 0.2) is 25.3 Å². The first-order valence-electron chi connectivity index (χ1n) is 9.02. The van der Waals surface area contributed by atoms with E-state index >= 15 is 0 Å². The van der Waals surface area contributed by atoms with E-state index in [0.717, 1.165) is 12.2 Å². The lowest BCUT2D eigenvalue weighted by Crippen LogP contribution is -2.55. The molecule has 0 heterocycles. The molecule has 3 amide bonds. The van der Waals surface area contributed by atoms with Gasteiger partial charge >= 0.3 is 30.6 Å². The topological polar surface area (TPSA) is 158 Å². The number of halogens is 2. The van der Waals surface area contributed by atoms with Gasteiger partial charge in [0.15, 0.2) is 0 Å². The number of alkyl carbamates (subject to hydrolysis) is 2. The molecule has 0 rings (SSSR count). The van der Waals surface area contributed by atoms with Crippen LogP contribution in [0.1, 0.15) is 6.92 Å². The molecular weight excluding hydrogens is 440 g/mol. The van der Waals surface area contributed by atoms with Crippen molar-refractivity contribution >= 4 is 30.0 Å². The fraction of sp³-hybridized carbons (Fsp3) is 0.500. The molecule has 0 saturated carbocycles. The minimum Gasteiger partial charge on any atom is -0.461 e. The molecule has 0 aliphatic heterocycles. The zero-order valence-corrected chi connectivity index (χ0v) is 17.3. The van der Waals surface area contributed by atoms with Crippen molar-refractivity contribution in [1.82, 2.24) is 16.0 Å². The van der Waals surface area contributed by atoms with Crippen LogP contribution in [-0.2, 0) is 33.3 Å². The van der Waals surface area contributed by atoms with Gasteiger partial charge in [0.25, 0.3) is 5.91 Å². The summed E-state index contributed by atoms with van der Waals surface area (Å²) in [4.78, 5) is 56.5. The standard InChI is InChI=1S/C18H25F2N3O9/c1-4-12(24)29-8-6-21-16(27)31-10-18(3,23-15(26)14(19)20)11-32-17(28)22-7-9-30-13(25)5-2/h4-5,14H,1-2,6-11H2,3H3,(H,21,27)(H,22,28)(H,23,26). The van der Waals surface area contributed by atoms with E-state index < -0.39 is 55.2 Å². The average molecular weight is 465 g/mol. The van der Waals surface area contributed by atoms with E-state index in [-0.39, 0.29) is 26.3 Å². The molecule has 0 aromatic heterocycles. The van der Waals surface area contributed by atoms with Crippen LogP contribution in [0.3, 0.4) is 0 Å². The second kappa shape index (κ2) is 15.1.